The molecule has 1 aromatic rings. The van der Waals surface area contributed by atoms with Crippen LogP contribution in [-0.2, 0) is 0 Å². The lowest BCUT2D eigenvalue weighted by Gasteiger charge is -2.16. The van der Waals surface area contributed by atoms with Gasteiger partial charge in [0.15, 0.2) is 0 Å². The Morgan fingerprint density at radius 1 is 1.39 bits per heavy atom. The van der Waals surface area contributed by atoms with Gasteiger partial charge in [0.1, 0.15) is 11.9 Å². The van der Waals surface area contributed by atoms with Crippen molar-refractivity contribution in [1.82, 2.24) is 5.32 Å². The largest absolute Gasteiger partial charge is 0.488 e. The number of halogens is 1. The van der Waals surface area contributed by atoms with Crippen molar-refractivity contribution in [3.63, 3.8) is 0 Å². The highest BCUT2D eigenvalue weighted by Gasteiger charge is 2.33. The maximum atomic E-state index is 6.08. The Kier molecular flexibility index (Phi) is 4.33. The maximum Gasteiger partial charge on any atom is 0.128 e. The van der Waals surface area contributed by atoms with E-state index in [2.05, 4.69) is 61.1 Å². The summed E-state index contributed by atoms with van der Waals surface area (Å²) in [6.07, 6.45) is 1.35. The number of rotatable bonds is 4. The van der Waals surface area contributed by atoms with Crippen LogP contribution in [0.2, 0.25) is 0 Å². The van der Waals surface area contributed by atoms with Gasteiger partial charge in [-0.3, -0.25) is 0 Å². The molecule has 2 atom stereocenters. The van der Waals surface area contributed by atoms with Gasteiger partial charge >= 0.3 is 0 Å². The van der Waals surface area contributed by atoms with Crippen molar-refractivity contribution >= 4 is 15.9 Å². The van der Waals surface area contributed by atoms with Crippen LogP contribution in [0.15, 0.2) is 16.6 Å². The molecule has 0 radical (unpaired) electrons. The van der Waals surface area contributed by atoms with Gasteiger partial charge in [0.05, 0.1) is 6.04 Å². The summed E-state index contributed by atoms with van der Waals surface area (Å²) in [6, 6.07) is 4.69. The SMILES string of the molecule is CCCNC1c2cc(Br)cc(C(C)C)c2OC1C. The van der Waals surface area contributed by atoms with E-state index in [1.807, 2.05) is 0 Å². The third-order valence-corrected chi connectivity index (χ3v) is 3.91. The highest BCUT2D eigenvalue weighted by atomic mass is 79.9. The summed E-state index contributed by atoms with van der Waals surface area (Å²) < 4.78 is 7.22. The molecule has 3 heteroatoms. The van der Waals surface area contributed by atoms with Gasteiger partial charge in [0, 0.05) is 10.0 Å². The summed E-state index contributed by atoms with van der Waals surface area (Å²) in [5.74, 6) is 1.57. The van der Waals surface area contributed by atoms with Crippen LogP contribution >= 0.6 is 15.9 Å². The van der Waals surface area contributed by atoms with Crippen LogP contribution in [0.4, 0.5) is 0 Å². The minimum absolute atomic E-state index is 0.207. The topological polar surface area (TPSA) is 21.3 Å². The molecule has 0 spiro atoms. The molecule has 1 heterocycles. The second-order valence-corrected chi connectivity index (χ2v) is 6.24. The molecule has 0 aromatic heterocycles. The van der Waals surface area contributed by atoms with E-state index in [9.17, 15) is 0 Å². The number of hydrogen-bond acceptors (Lipinski definition) is 2. The van der Waals surface area contributed by atoms with Gasteiger partial charge in [-0.2, -0.15) is 0 Å². The Bertz CT molecular complexity index is 431. The molecule has 1 N–H and O–H groups in total. The number of nitrogens with one attached hydrogen (secondary N) is 1. The molecule has 1 aliphatic rings. The highest BCUT2D eigenvalue weighted by Crippen LogP contribution is 2.43. The van der Waals surface area contributed by atoms with Crippen molar-refractivity contribution in [2.24, 2.45) is 0 Å². The number of hydrogen-bond donors (Lipinski definition) is 1. The third kappa shape index (κ3) is 2.57. The predicted octanol–water partition coefficient (Wildman–Crippen LogP) is 4.39. The van der Waals surface area contributed by atoms with Crippen LogP contribution in [0.25, 0.3) is 0 Å². The molecule has 2 nitrogen and oxygen atoms in total. The average Bonchev–Trinajstić information content (AvgIpc) is 2.61. The summed E-state index contributed by atoms with van der Waals surface area (Å²) in [5.41, 5.74) is 2.60. The number of ether oxygens (including phenoxy) is 1. The molecule has 1 aliphatic heterocycles. The van der Waals surface area contributed by atoms with E-state index in [1.54, 1.807) is 0 Å². The van der Waals surface area contributed by atoms with Gasteiger partial charge in [0.2, 0.25) is 0 Å². The van der Waals surface area contributed by atoms with Crippen molar-refractivity contribution < 1.29 is 4.74 Å². The minimum atomic E-state index is 0.207. The zero-order valence-electron chi connectivity index (χ0n) is 11.6. The van der Waals surface area contributed by atoms with Crippen LogP contribution < -0.4 is 10.1 Å². The number of benzene rings is 1. The van der Waals surface area contributed by atoms with Gasteiger partial charge in [-0.25, -0.2) is 0 Å². The first-order valence-corrected chi connectivity index (χ1v) is 7.57. The van der Waals surface area contributed by atoms with Crippen LogP contribution in [0.5, 0.6) is 5.75 Å². The fourth-order valence-electron chi connectivity index (χ4n) is 2.52. The second kappa shape index (κ2) is 5.62. The molecule has 0 saturated heterocycles. The van der Waals surface area contributed by atoms with E-state index in [0.717, 1.165) is 23.2 Å². The van der Waals surface area contributed by atoms with Gasteiger partial charge in [-0.15, -0.1) is 0 Å². The zero-order valence-corrected chi connectivity index (χ0v) is 13.2. The minimum Gasteiger partial charge on any atom is -0.488 e. The fraction of sp³-hybridized carbons (Fsp3) is 0.600. The Morgan fingerprint density at radius 3 is 2.72 bits per heavy atom. The summed E-state index contributed by atoms with van der Waals surface area (Å²) >= 11 is 3.62. The first kappa shape index (κ1) is 13.9. The van der Waals surface area contributed by atoms with Crippen molar-refractivity contribution in [2.75, 3.05) is 6.54 Å². The highest BCUT2D eigenvalue weighted by molar-refractivity contribution is 9.10. The first-order chi connectivity index (χ1) is 8.54. The Labute approximate surface area is 118 Å². The average molecular weight is 312 g/mol. The van der Waals surface area contributed by atoms with Gasteiger partial charge in [-0.05, 0) is 43.5 Å². The van der Waals surface area contributed by atoms with E-state index in [-0.39, 0.29) is 6.10 Å². The molecule has 100 valence electrons. The van der Waals surface area contributed by atoms with E-state index in [0.29, 0.717) is 12.0 Å². The lowest BCUT2D eigenvalue weighted by atomic mass is 9.96. The van der Waals surface area contributed by atoms with Crippen molar-refractivity contribution in [1.29, 1.82) is 0 Å². The Morgan fingerprint density at radius 2 is 2.11 bits per heavy atom. The quantitative estimate of drug-likeness (QED) is 0.890. The zero-order chi connectivity index (χ0) is 13.3. The summed E-state index contributed by atoms with van der Waals surface area (Å²) in [5, 5.41) is 3.58. The van der Waals surface area contributed by atoms with Crippen molar-refractivity contribution in [3.8, 4) is 5.75 Å². The standard InChI is InChI=1S/C15H22BrNO/c1-5-6-17-14-10(4)18-15-12(9(2)3)7-11(16)8-13(14)15/h7-10,14,17H,5-6H2,1-4H3. The lowest BCUT2D eigenvalue weighted by molar-refractivity contribution is 0.208. The van der Waals surface area contributed by atoms with Crippen molar-refractivity contribution in [2.45, 2.75) is 52.2 Å². The lowest BCUT2D eigenvalue weighted by Crippen LogP contribution is -2.29. The van der Waals surface area contributed by atoms with Gasteiger partial charge < -0.3 is 10.1 Å². The van der Waals surface area contributed by atoms with E-state index < -0.39 is 0 Å². The predicted molar refractivity (Wildman–Crippen MR) is 79.4 cm³/mol. The molecule has 18 heavy (non-hydrogen) atoms. The van der Waals surface area contributed by atoms with Crippen LogP contribution in [0.3, 0.4) is 0 Å². The Balaban J connectivity index is 2.39. The normalized spacial score (nSPS) is 22.1. The first-order valence-electron chi connectivity index (χ1n) is 6.78. The third-order valence-electron chi connectivity index (χ3n) is 3.46. The summed E-state index contributed by atoms with van der Waals surface area (Å²) in [6.45, 7) is 9.78. The summed E-state index contributed by atoms with van der Waals surface area (Å²) in [7, 11) is 0. The van der Waals surface area contributed by atoms with Crippen LogP contribution in [-0.4, -0.2) is 12.6 Å². The maximum absolute atomic E-state index is 6.08. The molecular formula is C15H22BrNO. The second-order valence-electron chi connectivity index (χ2n) is 5.32. The molecular weight excluding hydrogens is 290 g/mol. The molecule has 2 rings (SSSR count). The molecule has 0 aliphatic carbocycles. The molecule has 1 aromatic carbocycles. The molecule has 0 amide bonds. The van der Waals surface area contributed by atoms with Crippen LogP contribution in [0.1, 0.15) is 57.2 Å². The summed E-state index contributed by atoms with van der Waals surface area (Å²) in [4.78, 5) is 0. The van der Waals surface area contributed by atoms with Gasteiger partial charge in [-0.1, -0.05) is 36.7 Å². The van der Waals surface area contributed by atoms with E-state index >= 15 is 0 Å². The fourth-order valence-corrected chi connectivity index (χ4v) is 3.01. The smallest absolute Gasteiger partial charge is 0.128 e. The van der Waals surface area contributed by atoms with Crippen LogP contribution in [0, 0.1) is 0 Å². The van der Waals surface area contributed by atoms with Gasteiger partial charge in [0.25, 0.3) is 0 Å². The molecule has 0 fully saturated rings. The molecule has 0 saturated carbocycles. The molecule has 0 bridgehead atoms. The van der Waals surface area contributed by atoms with E-state index in [1.165, 1.54) is 11.1 Å². The number of fused-ring (bicyclic) bond motifs is 1. The monoisotopic (exact) mass is 311 g/mol. The molecule has 2 unspecified atom stereocenters. The Hall–Kier alpha value is -0.540. The van der Waals surface area contributed by atoms with E-state index in [4.69, 9.17) is 4.74 Å². The van der Waals surface area contributed by atoms with Crippen molar-refractivity contribution in [3.05, 3.63) is 27.7 Å².